The second-order valence-electron chi connectivity index (χ2n) is 8.73. The van der Waals surface area contributed by atoms with Crippen molar-refractivity contribution in [2.75, 3.05) is 13.1 Å². The van der Waals surface area contributed by atoms with Crippen LogP contribution in [0.5, 0.6) is 0 Å². The molecule has 1 unspecified atom stereocenters. The summed E-state index contributed by atoms with van der Waals surface area (Å²) in [5.41, 5.74) is 3.99. The Kier molecular flexibility index (Phi) is 13.8. The molecule has 0 saturated carbocycles. The molecule has 184 valence electrons. The molecule has 0 aliphatic heterocycles. The van der Waals surface area contributed by atoms with E-state index in [2.05, 4.69) is 35.4 Å². The molecule has 0 aromatic carbocycles. The number of hydrogen-bond donors (Lipinski definition) is 0. The second kappa shape index (κ2) is 16.5. The molecular formula is C28H32N6OZn2. The first kappa shape index (κ1) is 30.9. The van der Waals surface area contributed by atoms with Gasteiger partial charge in [0, 0.05) is 89.3 Å². The van der Waals surface area contributed by atoms with Crippen molar-refractivity contribution in [3.05, 3.63) is 120 Å². The van der Waals surface area contributed by atoms with E-state index < -0.39 is 6.10 Å². The van der Waals surface area contributed by atoms with Gasteiger partial charge in [0.05, 0.1) is 23.6 Å². The van der Waals surface area contributed by atoms with Crippen LogP contribution in [0.3, 0.4) is 0 Å². The van der Waals surface area contributed by atoms with Crippen molar-refractivity contribution in [3.63, 3.8) is 0 Å². The second-order valence-corrected chi connectivity index (χ2v) is 8.73. The molecule has 0 aliphatic carbocycles. The van der Waals surface area contributed by atoms with Crippen molar-refractivity contribution in [2.45, 2.75) is 32.3 Å². The molecular weight excluding hydrogens is 567 g/mol. The van der Waals surface area contributed by atoms with E-state index in [9.17, 15) is 5.11 Å². The van der Waals surface area contributed by atoms with Crippen molar-refractivity contribution >= 4 is 0 Å². The summed E-state index contributed by atoms with van der Waals surface area (Å²) in [5.74, 6) is 0. The van der Waals surface area contributed by atoms with Gasteiger partial charge in [-0.05, 0) is 49.5 Å². The third-order valence-electron chi connectivity index (χ3n) is 5.81. The summed E-state index contributed by atoms with van der Waals surface area (Å²) in [7, 11) is 2.03. The summed E-state index contributed by atoms with van der Waals surface area (Å²) >= 11 is 0. The van der Waals surface area contributed by atoms with Crippen molar-refractivity contribution in [1.82, 2.24) is 24.8 Å². The van der Waals surface area contributed by atoms with Crippen LogP contribution in [0.1, 0.15) is 22.8 Å². The summed E-state index contributed by atoms with van der Waals surface area (Å²) in [5, 5.41) is 13.4. The summed E-state index contributed by atoms with van der Waals surface area (Å²) in [6.45, 7) is 3.30. The molecule has 0 amide bonds. The van der Waals surface area contributed by atoms with Crippen LogP contribution in [0.15, 0.2) is 97.6 Å². The normalized spacial score (nSPS) is 11.6. The number of aryl methyl sites for hydroxylation is 1. The van der Waals surface area contributed by atoms with Gasteiger partial charge in [-0.1, -0.05) is 24.3 Å². The minimum absolute atomic E-state index is 0. The molecule has 9 heteroatoms. The van der Waals surface area contributed by atoms with E-state index >= 15 is 0 Å². The number of hydrogen-bond acceptors (Lipinski definition) is 6. The first-order valence-electron chi connectivity index (χ1n) is 11.9. The van der Waals surface area contributed by atoms with Gasteiger partial charge >= 0.3 is 0 Å². The van der Waals surface area contributed by atoms with E-state index in [1.807, 2.05) is 80.0 Å². The van der Waals surface area contributed by atoms with Crippen LogP contribution < -0.4 is 9.67 Å². The first-order chi connectivity index (χ1) is 17.2. The van der Waals surface area contributed by atoms with Crippen LogP contribution in [0, 0.1) is 0 Å². The van der Waals surface area contributed by atoms with Crippen molar-refractivity contribution in [1.29, 1.82) is 0 Å². The smallest absolute Gasteiger partial charge is 0.195 e. The summed E-state index contributed by atoms with van der Waals surface area (Å²) in [6.07, 6.45) is 6.60. The van der Waals surface area contributed by atoms with E-state index in [1.165, 1.54) is 0 Å². The zero-order valence-electron chi connectivity index (χ0n) is 21.6. The minimum atomic E-state index is -0.805. The van der Waals surface area contributed by atoms with E-state index in [0.29, 0.717) is 39.3 Å². The zero-order chi connectivity index (χ0) is 24.3. The maximum Gasteiger partial charge on any atom is 0.195 e. The van der Waals surface area contributed by atoms with Crippen LogP contribution in [0.4, 0.5) is 0 Å². The number of pyridine rings is 4. The number of nitrogens with zero attached hydrogens (tertiary/aromatic N) is 6. The maximum absolute atomic E-state index is 13.4. The van der Waals surface area contributed by atoms with Gasteiger partial charge in [0.15, 0.2) is 11.9 Å². The summed E-state index contributed by atoms with van der Waals surface area (Å²) < 4.78 is 2.10. The van der Waals surface area contributed by atoms with Crippen LogP contribution in [-0.2, 0) is 72.2 Å². The molecule has 4 heterocycles. The van der Waals surface area contributed by atoms with Gasteiger partial charge in [0.1, 0.15) is 7.05 Å². The summed E-state index contributed by atoms with van der Waals surface area (Å²) in [4.78, 5) is 17.7. The minimum Gasteiger partial charge on any atom is -0.850 e. The van der Waals surface area contributed by atoms with Crippen LogP contribution in [0.25, 0.3) is 0 Å². The Labute approximate surface area is 245 Å². The Morgan fingerprint density at radius 1 is 0.649 bits per heavy atom. The molecule has 0 fully saturated rings. The van der Waals surface area contributed by atoms with E-state index in [4.69, 9.17) is 0 Å². The van der Waals surface area contributed by atoms with Crippen LogP contribution >= 0.6 is 0 Å². The summed E-state index contributed by atoms with van der Waals surface area (Å²) in [6, 6.07) is 23.8. The molecule has 4 aromatic rings. The Morgan fingerprint density at radius 3 is 1.49 bits per heavy atom. The molecule has 0 saturated heterocycles. The van der Waals surface area contributed by atoms with Gasteiger partial charge < -0.3 is 5.11 Å². The molecule has 0 radical (unpaired) electrons. The molecule has 0 spiro atoms. The largest absolute Gasteiger partial charge is 0.850 e. The molecule has 1 atom stereocenters. The Bertz CT molecular complexity index is 1110. The molecule has 4 aromatic heterocycles. The molecule has 0 N–H and O–H groups in total. The third-order valence-corrected chi connectivity index (χ3v) is 5.81. The van der Waals surface area contributed by atoms with Crippen molar-refractivity contribution in [2.24, 2.45) is 7.05 Å². The zero-order valence-corrected chi connectivity index (χ0v) is 27.5. The average Bonchev–Trinajstić information content (AvgIpc) is 2.87. The van der Waals surface area contributed by atoms with Gasteiger partial charge in [-0.2, -0.15) is 0 Å². The SMILES string of the molecule is C[n+]1ccccc1CN(Cc1ccccn1)CC([O-])CN(Cc1ccccn1)Cc1ccccn1.[Zn].[Zn]. The van der Waals surface area contributed by atoms with Gasteiger partial charge in [-0.3, -0.25) is 24.8 Å². The predicted octanol–water partition coefficient (Wildman–Crippen LogP) is 2.12. The fraction of sp³-hybridized carbons (Fsp3) is 0.286. The van der Waals surface area contributed by atoms with Gasteiger partial charge in [-0.15, -0.1) is 6.10 Å². The van der Waals surface area contributed by atoms with Crippen LogP contribution in [0.2, 0.25) is 0 Å². The quantitative estimate of drug-likeness (QED) is 0.184. The third kappa shape index (κ3) is 10.5. The number of rotatable bonds is 12. The van der Waals surface area contributed by atoms with Crippen molar-refractivity contribution < 1.29 is 48.6 Å². The molecule has 37 heavy (non-hydrogen) atoms. The fourth-order valence-electron chi connectivity index (χ4n) is 4.12. The Morgan fingerprint density at radius 2 is 1.08 bits per heavy atom. The predicted molar refractivity (Wildman–Crippen MR) is 132 cm³/mol. The monoisotopic (exact) mass is 596 g/mol. The number of aromatic nitrogens is 4. The van der Waals surface area contributed by atoms with Gasteiger partial charge in [0.25, 0.3) is 0 Å². The first-order valence-corrected chi connectivity index (χ1v) is 11.9. The fourth-order valence-corrected chi connectivity index (χ4v) is 4.12. The van der Waals surface area contributed by atoms with Crippen LogP contribution in [-0.4, -0.2) is 43.9 Å². The van der Waals surface area contributed by atoms with Gasteiger partial charge in [-0.25, -0.2) is 4.57 Å². The van der Waals surface area contributed by atoms with E-state index in [1.54, 1.807) is 18.6 Å². The molecule has 0 aliphatic rings. The van der Waals surface area contributed by atoms with Crippen molar-refractivity contribution in [3.8, 4) is 0 Å². The van der Waals surface area contributed by atoms with Gasteiger partial charge in [0.2, 0.25) is 0 Å². The van der Waals surface area contributed by atoms with E-state index in [0.717, 1.165) is 22.8 Å². The Hall–Kier alpha value is -2.27. The standard InChI is InChI=1S/C28H32N6O.2Zn/c1-32-17-9-5-13-27(32)21-34(20-26-12-4-8-16-31-26)23-28(35)22-33(18-24-10-2-6-14-29-24)19-25-11-3-7-15-30-25;;/h2-17,28H,18-23H2,1H3;;. The molecule has 7 nitrogen and oxygen atoms in total. The maximum atomic E-state index is 13.4. The Balaban J connectivity index is 0.00000241. The topological polar surface area (TPSA) is 72.1 Å². The van der Waals surface area contributed by atoms with E-state index in [-0.39, 0.29) is 39.0 Å². The average molecular weight is 599 g/mol. The molecule has 0 bridgehead atoms. The molecule has 4 rings (SSSR count).